The molecular weight excluding hydrogens is 322 g/mol. The molecule has 0 unspecified atom stereocenters. The van der Waals surface area contributed by atoms with Crippen molar-refractivity contribution in [1.29, 1.82) is 0 Å². The molecule has 0 aromatic carbocycles. The highest BCUT2D eigenvalue weighted by atomic mass is 16.2. The third-order valence-electron chi connectivity index (χ3n) is 5.46. The van der Waals surface area contributed by atoms with Gasteiger partial charge in [0, 0.05) is 12.6 Å². The van der Waals surface area contributed by atoms with Crippen LogP contribution in [0.5, 0.6) is 0 Å². The van der Waals surface area contributed by atoms with Crippen LogP contribution in [0.4, 0.5) is 0 Å². The van der Waals surface area contributed by atoms with Crippen LogP contribution in [-0.4, -0.2) is 60.4 Å². The first-order valence-corrected chi connectivity index (χ1v) is 9.18. The van der Waals surface area contributed by atoms with Crippen LogP contribution in [0.3, 0.4) is 0 Å². The molecule has 1 aliphatic heterocycles. The van der Waals surface area contributed by atoms with Crippen molar-refractivity contribution in [3.63, 3.8) is 0 Å². The first kappa shape index (κ1) is 19.7. The normalized spacial score (nSPS) is 26.9. The minimum Gasteiger partial charge on any atom is -0.368 e. The van der Waals surface area contributed by atoms with Gasteiger partial charge in [-0.2, -0.15) is 0 Å². The van der Waals surface area contributed by atoms with Gasteiger partial charge >= 0.3 is 0 Å². The Kier molecular flexibility index (Phi) is 6.78. The summed E-state index contributed by atoms with van der Waals surface area (Å²) in [5, 5.41) is 5.79. The molecule has 2 rings (SSSR count). The lowest BCUT2D eigenvalue weighted by atomic mass is 9.83. The van der Waals surface area contributed by atoms with Crippen LogP contribution >= 0.6 is 0 Å². The number of nitrogens with zero attached hydrogens (tertiary/aromatic N) is 1. The van der Waals surface area contributed by atoms with Gasteiger partial charge in [-0.05, 0) is 39.2 Å². The lowest BCUT2D eigenvalue weighted by Gasteiger charge is -2.34. The molecule has 1 heterocycles. The van der Waals surface area contributed by atoms with E-state index < -0.39 is 24.0 Å². The number of carbonyl (C=O) groups is 3. The maximum atomic E-state index is 13.2. The molecular formula is C17H31N5O3. The Morgan fingerprint density at radius 1 is 1.16 bits per heavy atom. The van der Waals surface area contributed by atoms with E-state index in [1.807, 2.05) is 0 Å². The van der Waals surface area contributed by atoms with E-state index in [4.69, 9.17) is 11.5 Å². The van der Waals surface area contributed by atoms with Crippen LogP contribution in [-0.2, 0) is 14.4 Å². The molecule has 8 heteroatoms. The molecule has 0 aromatic rings. The number of primary amides is 1. The van der Waals surface area contributed by atoms with Crippen LogP contribution in [0, 0.1) is 5.92 Å². The number of hydrogen-bond acceptors (Lipinski definition) is 5. The first-order valence-electron chi connectivity index (χ1n) is 9.18. The molecule has 6 N–H and O–H groups in total. The van der Waals surface area contributed by atoms with Crippen molar-refractivity contribution in [1.82, 2.24) is 15.5 Å². The van der Waals surface area contributed by atoms with E-state index in [-0.39, 0.29) is 23.8 Å². The van der Waals surface area contributed by atoms with E-state index in [0.717, 1.165) is 32.1 Å². The summed E-state index contributed by atoms with van der Waals surface area (Å²) in [4.78, 5) is 38.7. The standard InChI is InChI=1S/C17H31N5O3/c1-10(20-2)16(24)21-14(11-6-4-3-5-7-11)17(25)22-9-12(18)8-13(22)15(19)23/h10-14,20H,3-9,18H2,1-2H3,(H2,19,23)(H,21,24)/t10-,12-,13-,14-/m0/s1. The summed E-state index contributed by atoms with van der Waals surface area (Å²) in [6.07, 6.45) is 5.41. The summed E-state index contributed by atoms with van der Waals surface area (Å²) in [7, 11) is 1.70. The van der Waals surface area contributed by atoms with Gasteiger partial charge in [-0.1, -0.05) is 19.3 Å². The predicted octanol–water partition coefficient (Wildman–Crippen LogP) is -0.927. The van der Waals surface area contributed by atoms with Crippen molar-refractivity contribution in [2.45, 2.75) is 69.6 Å². The zero-order chi connectivity index (χ0) is 18.6. The molecule has 2 aliphatic rings. The van der Waals surface area contributed by atoms with Gasteiger partial charge in [0.05, 0.1) is 6.04 Å². The Morgan fingerprint density at radius 3 is 2.36 bits per heavy atom. The minimum absolute atomic E-state index is 0.0830. The van der Waals surface area contributed by atoms with Gasteiger partial charge in [0.1, 0.15) is 12.1 Å². The van der Waals surface area contributed by atoms with Crippen molar-refractivity contribution in [2.75, 3.05) is 13.6 Å². The summed E-state index contributed by atoms with van der Waals surface area (Å²) < 4.78 is 0. The molecule has 2 fully saturated rings. The van der Waals surface area contributed by atoms with Gasteiger partial charge in [0.2, 0.25) is 17.7 Å². The monoisotopic (exact) mass is 353 g/mol. The van der Waals surface area contributed by atoms with Gasteiger partial charge < -0.3 is 27.0 Å². The second-order valence-electron chi connectivity index (χ2n) is 7.30. The highest BCUT2D eigenvalue weighted by Gasteiger charge is 2.42. The molecule has 0 aromatic heterocycles. The van der Waals surface area contributed by atoms with Crippen molar-refractivity contribution in [2.24, 2.45) is 17.4 Å². The van der Waals surface area contributed by atoms with E-state index in [2.05, 4.69) is 10.6 Å². The molecule has 1 saturated carbocycles. The second kappa shape index (κ2) is 8.62. The molecule has 3 amide bonds. The van der Waals surface area contributed by atoms with E-state index in [0.29, 0.717) is 13.0 Å². The zero-order valence-electron chi connectivity index (χ0n) is 15.2. The Morgan fingerprint density at radius 2 is 1.80 bits per heavy atom. The number of amides is 3. The van der Waals surface area contributed by atoms with Crippen LogP contribution in [0.25, 0.3) is 0 Å². The molecule has 1 aliphatic carbocycles. The number of rotatable bonds is 6. The number of carbonyl (C=O) groups excluding carboxylic acids is 3. The molecule has 4 atom stereocenters. The largest absolute Gasteiger partial charge is 0.368 e. The number of likely N-dealkylation sites (tertiary alicyclic amines) is 1. The highest BCUT2D eigenvalue weighted by Crippen LogP contribution is 2.29. The number of likely N-dealkylation sites (N-methyl/N-ethyl adjacent to an activating group) is 1. The lowest BCUT2D eigenvalue weighted by Crippen LogP contribution is -2.58. The maximum absolute atomic E-state index is 13.2. The van der Waals surface area contributed by atoms with Gasteiger partial charge in [0.15, 0.2) is 0 Å². The third kappa shape index (κ3) is 4.70. The lowest BCUT2D eigenvalue weighted by molar-refractivity contribution is -0.142. The van der Waals surface area contributed by atoms with Crippen molar-refractivity contribution in [3.05, 3.63) is 0 Å². The van der Waals surface area contributed by atoms with Gasteiger partial charge in [-0.15, -0.1) is 0 Å². The fourth-order valence-corrected chi connectivity index (χ4v) is 3.82. The van der Waals surface area contributed by atoms with Crippen LogP contribution in [0.15, 0.2) is 0 Å². The molecule has 25 heavy (non-hydrogen) atoms. The predicted molar refractivity (Wildman–Crippen MR) is 94.3 cm³/mol. The van der Waals surface area contributed by atoms with E-state index in [1.165, 1.54) is 4.90 Å². The Hall–Kier alpha value is -1.67. The summed E-state index contributed by atoms with van der Waals surface area (Å²) >= 11 is 0. The molecule has 0 radical (unpaired) electrons. The van der Waals surface area contributed by atoms with E-state index in [9.17, 15) is 14.4 Å². The number of hydrogen-bond donors (Lipinski definition) is 4. The molecule has 142 valence electrons. The Labute approximate surface area is 149 Å². The third-order valence-corrected chi connectivity index (χ3v) is 5.46. The second-order valence-corrected chi connectivity index (χ2v) is 7.30. The average Bonchev–Trinajstić information content (AvgIpc) is 3.01. The SMILES string of the molecule is CN[C@@H](C)C(=O)N[C@H](C(=O)N1C[C@@H](N)C[C@H]1C(N)=O)C1CCCCC1. The fraction of sp³-hybridized carbons (Fsp3) is 0.824. The average molecular weight is 353 g/mol. The van der Waals surface area contributed by atoms with Crippen LogP contribution < -0.4 is 22.1 Å². The quantitative estimate of drug-likeness (QED) is 0.490. The molecule has 0 bridgehead atoms. The van der Waals surface area contributed by atoms with Crippen molar-refractivity contribution >= 4 is 17.7 Å². The van der Waals surface area contributed by atoms with E-state index >= 15 is 0 Å². The van der Waals surface area contributed by atoms with Crippen molar-refractivity contribution in [3.8, 4) is 0 Å². The van der Waals surface area contributed by atoms with Crippen molar-refractivity contribution < 1.29 is 14.4 Å². The molecule has 0 spiro atoms. The Balaban J connectivity index is 2.19. The number of nitrogens with one attached hydrogen (secondary N) is 2. The Bertz CT molecular complexity index is 507. The van der Waals surface area contributed by atoms with Crippen LogP contribution in [0.2, 0.25) is 0 Å². The fourth-order valence-electron chi connectivity index (χ4n) is 3.82. The topological polar surface area (TPSA) is 131 Å². The zero-order valence-corrected chi connectivity index (χ0v) is 15.2. The highest BCUT2D eigenvalue weighted by molar-refractivity contribution is 5.93. The minimum atomic E-state index is -0.688. The smallest absolute Gasteiger partial charge is 0.246 e. The van der Waals surface area contributed by atoms with Gasteiger partial charge in [0.25, 0.3) is 0 Å². The summed E-state index contributed by atoms with van der Waals surface area (Å²) in [6, 6.07) is -1.98. The summed E-state index contributed by atoms with van der Waals surface area (Å²) in [6.45, 7) is 2.04. The van der Waals surface area contributed by atoms with Gasteiger partial charge in [-0.3, -0.25) is 14.4 Å². The first-order chi connectivity index (χ1) is 11.8. The molecule has 1 saturated heterocycles. The number of nitrogens with two attached hydrogens (primary N) is 2. The summed E-state index contributed by atoms with van der Waals surface area (Å²) in [5.74, 6) is -0.913. The maximum Gasteiger partial charge on any atom is 0.246 e. The molecule has 8 nitrogen and oxygen atoms in total. The van der Waals surface area contributed by atoms with Crippen LogP contribution in [0.1, 0.15) is 45.4 Å². The van der Waals surface area contributed by atoms with Gasteiger partial charge in [-0.25, -0.2) is 0 Å². The van der Waals surface area contributed by atoms with E-state index in [1.54, 1.807) is 14.0 Å². The summed E-state index contributed by atoms with van der Waals surface area (Å²) in [5.41, 5.74) is 11.4.